The number of hydrogen-bond donors (Lipinski definition) is 1. The first-order valence-corrected chi connectivity index (χ1v) is 7.82. The maximum Gasteiger partial charge on any atom is 0.0643 e. The van der Waals surface area contributed by atoms with Gasteiger partial charge in [0.25, 0.3) is 0 Å². The molecule has 0 saturated carbocycles. The zero-order valence-electron chi connectivity index (χ0n) is 13.2. The molecule has 0 aliphatic carbocycles. The minimum Gasteiger partial charge on any atom is -0.310 e. The number of likely N-dealkylation sites (N-methyl/N-ethyl adjacent to an activating group) is 1. The van der Waals surface area contributed by atoms with Crippen molar-refractivity contribution in [2.24, 2.45) is 0 Å². The highest BCUT2D eigenvalue weighted by Gasteiger charge is 2.14. The van der Waals surface area contributed by atoms with Gasteiger partial charge in [0, 0.05) is 24.9 Å². The van der Waals surface area contributed by atoms with E-state index >= 15 is 0 Å². The van der Waals surface area contributed by atoms with E-state index in [1.807, 2.05) is 12.3 Å². The van der Waals surface area contributed by atoms with Crippen molar-refractivity contribution in [3.63, 3.8) is 0 Å². The molecular formula is C16H25N5. The predicted molar refractivity (Wildman–Crippen MR) is 84.0 cm³/mol. The quantitative estimate of drug-likeness (QED) is 0.811. The average molecular weight is 287 g/mol. The van der Waals surface area contributed by atoms with Crippen molar-refractivity contribution in [1.29, 1.82) is 0 Å². The monoisotopic (exact) mass is 287 g/mol. The normalized spacial score (nSPS) is 12.8. The standard InChI is InChI=1S/C16H25N5/c1-4-15(5-2)21-10-8-14(20-21)11-16(17-6-3)13-7-9-18-19-12-13/h7-10,12,15-17H,4-6,11H2,1-3H3. The van der Waals surface area contributed by atoms with E-state index in [1.165, 1.54) is 0 Å². The van der Waals surface area contributed by atoms with Gasteiger partial charge in [-0.2, -0.15) is 15.3 Å². The fraction of sp³-hybridized carbons (Fsp3) is 0.562. The van der Waals surface area contributed by atoms with E-state index in [0.29, 0.717) is 6.04 Å². The molecule has 0 bridgehead atoms. The molecule has 0 aliphatic rings. The minimum atomic E-state index is 0.232. The molecule has 21 heavy (non-hydrogen) atoms. The van der Waals surface area contributed by atoms with Gasteiger partial charge < -0.3 is 5.32 Å². The summed E-state index contributed by atoms with van der Waals surface area (Å²) in [5.41, 5.74) is 2.27. The third-order valence-electron chi connectivity index (χ3n) is 3.85. The molecule has 0 saturated heterocycles. The molecule has 2 aromatic heterocycles. The Morgan fingerprint density at radius 3 is 2.57 bits per heavy atom. The van der Waals surface area contributed by atoms with Crippen LogP contribution in [-0.2, 0) is 6.42 Å². The van der Waals surface area contributed by atoms with Crippen LogP contribution in [0, 0.1) is 0 Å². The molecule has 0 fully saturated rings. The van der Waals surface area contributed by atoms with Crippen molar-refractivity contribution in [3.05, 3.63) is 42.0 Å². The van der Waals surface area contributed by atoms with Crippen LogP contribution in [-0.4, -0.2) is 26.5 Å². The van der Waals surface area contributed by atoms with Gasteiger partial charge in [0.2, 0.25) is 0 Å². The maximum absolute atomic E-state index is 4.74. The van der Waals surface area contributed by atoms with E-state index < -0.39 is 0 Å². The van der Waals surface area contributed by atoms with Crippen molar-refractivity contribution < 1.29 is 0 Å². The van der Waals surface area contributed by atoms with Crippen molar-refractivity contribution in [3.8, 4) is 0 Å². The Bertz CT molecular complexity index is 518. The van der Waals surface area contributed by atoms with Gasteiger partial charge in [-0.1, -0.05) is 20.8 Å². The Balaban J connectivity index is 2.11. The van der Waals surface area contributed by atoms with Crippen LogP contribution in [0.15, 0.2) is 30.7 Å². The van der Waals surface area contributed by atoms with Gasteiger partial charge in [-0.15, -0.1) is 0 Å². The summed E-state index contributed by atoms with van der Waals surface area (Å²) in [5.74, 6) is 0. The second-order valence-corrected chi connectivity index (χ2v) is 5.25. The van der Waals surface area contributed by atoms with E-state index in [2.05, 4.69) is 53.2 Å². The van der Waals surface area contributed by atoms with E-state index in [9.17, 15) is 0 Å². The summed E-state index contributed by atoms with van der Waals surface area (Å²) in [5, 5.41) is 16.1. The molecule has 1 unspecified atom stereocenters. The first-order valence-electron chi connectivity index (χ1n) is 7.82. The fourth-order valence-electron chi connectivity index (χ4n) is 2.62. The van der Waals surface area contributed by atoms with Crippen LogP contribution in [0.5, 0.6) is 0 Å². The largest absolute Gasteiger partial charge is 0.310 e. The summed E-state index contributed by atoms with van der Waals surface area (Å²) >= 11 is 0. The molecule has 2 rings (SSSR count). The van der Waals surface area contributed by atoms with Gasteiger partial charge >= 0.3 is 0 Å². The topological polar surface area (TPSA) is 55.6 Å². The van der Waals surface area contributed by atoms with E-state index in [4.69, 9.17) is 5.10 Å². The second kappa shape index (κ2) is 7.88. The second-order valence-electron chi connectivity index (χ2n) is 5.25. The van der Waals surface area contributed by atoms with Crippen LogP contribution in [0.1, 0.15) is 57.0 Å². The van der Waals surface area contributed by atoms with Crippen LogP contribution in [0.4, 0.5) is 0 Å². The molecule has 0 amide bonds. The SMILES string of the molecule is CCNC(Cc1ccn(C(CC)CC)n1)c1ccnnc1. The third-order valence-corrected chi connectivity index (χ3v) is 3.85. The van der Waals surface area contributed by atoms with Gasteiger partial charge in [0.05, 0.1) is 17.9 Å². The highest BCUT2D eigenvalue weighted by atomic mass is 15.3. The van der Waals surface area contributed by atoms with E-state index in [-0.39, 0.29) is 6.04 Å². The van der Waals surface area contributed by atoms with Crippen LogP contribution < -0.4 is 5.32 Å². The lowest BCUT2D eigenvalue weighted by atomic mass is 10.0. The average Bonchev–Trinajstić information content (AvgIpc) is 2.97. The van der Waals surface area contributed by atoms with Gasteiger partial charge in [0.15, 0.2) is 0 Å². The van der Waals surface area contributed by atoms with Crippen LogP contribution in [0.3, 0.4) is 0 Å². The van der Waals surface area contributed by atoms with Gasteiger partial charge in [-0.05, 0) is 37.1 Å². The number of hydrogen-bond acceptors (Lipinski definition) is 4. The molecule has 2 aromatic rings. The smallest absolute Gasteiger partial charge is 0.0643 e. The van der Waals surface area contributed by atoms with Gasteiger partial charge in [-0.3, -0.25) is 4.68 Å². The summed E-state index contributed by atoms with van der Waals surface area (Å²) in [6.45, 7) is 7.45. The molecular weight excluding hydrogens is 262 g/mol. The van der Waals surface area contributed by atoms with Crippen molar-refractivity contribution >= 4 is 0 Å². The van der Waals surface area contributed by atoms with Crippen LogP contribution >= 0.6 is 0 Å². The fourth-order valence-corrected chi connectivity index (χ4v) is 2.62. The molecule has 1 N–H and O–H groups in total. The van der Waals surface area contributed by atoms with Crippen molar-refractivity contribution in [2.45, 2.75) is 52.1 Å². The molecule has 1 atom stereocenters. The number of rotatable bonds is 8. The molecule has 114 valence electrons. The van der Waals surface area contributed by atoms with E-state index in [1.54, 1.807) is 6.20 Å². The van der Waals surface area contributed by atoms with Gasteiger partial charge in [-0.25, -0.2) is 0 Å². The number of aromatic nitrogens is 4. The summed E-state index contributed by atoms with van der Waals surface area (Å²) in [6.07, 6.45) is 8.76. The Kier molecular flexibility index (Phi) is 5.87. The lowest BCUT2D eigenvalue weighted by Crippen LogP contribution is -2.23. The van der Waals surface area contributed by atoms with Crippen LogP contribution in [0.25, 0.3) is 0 Å². The summed E-state index contributed by atoms with van der Waals surface area (Å²) in [4.78, 5) is 0. The lowest BCUT2D eigenvalue weighted by molar-refractivity contribution is 0.422. The molecule has 0 spiro atoms. The molecule has 0 aliphatic heterocycles. The van der Waals surface area contributed by atoms with Crippen molar-refractivity contribution in [1.82, 2.24) is 25.3 Å². The summed E-state index contributed by atoms with van der Waals surface area (Å²) < 4.78 is 2.10. The first-order chi connectivity index (χ1) is 10.3. The summed E-state index contributed by atoms with van der Waals surface area (Å²) in [6, 6.07) is 4.87. The Labute approximate surface area is 126 Å². The third kappa shape index (κ3) is 4.11. The molecule has 0 aromatic carbocycles. The number of nitrogens with one attached hydrogen (secondary N) is 1. The molecule has 2 heterocycles. The maximum atomic E-state index is 4.74. The minimum absolute atomic E-state index is 0.232. The summed E-state index contributed by atoms with van der Waals surface area (Å²) in [7, 11) is 0. The molecule has 5 nitrogen and oxygen atoms in total. The van der Waals surface area contributed by atoms with Gasteiger partial charge in [0.1, 0.15) is 0 Å². The first kappa shape index (κ1) is 15.6. The molecule has 0 radical (unpaired) electrons. The Hall–Kier alpha value is -1.75. The van der Waals surface area contributed by atoms with Crippen molar-refractivity contribution in [2.75, 3.05) is 6.54 Å². The zero-order valence-corrected chi connectivity index (χ0v) is 13.2. The zero-order chi connectivity index (χ0) is 15.1. The Morgan fingerprint density at radius 2 is 1.95 bits per heavy atom. The molecule has 5 heteroatoms. The van der Waals surface area contributed by atoms with Crippen LogP contribution in [0.2, 0.25) is 0 Å². The highest BCUT2D eigenvalue weighted by molar-refractivity contribution is 5.15. The highest BCUT2D eigenvalue weighted by Crippen LogP contribution is 2.19. The van der Waals surface area contributed by atoms with E-state index in [0.717, 1.165) is 37.1 Å². The Morgan fingerprint density at radius 1 is 1.14 bits per heavy atom. The number of nitrogens with zero attached hydrogens (tertiary/aromatic N) is 4. The lowest BCUT2D eigenvalue weighted by Gasteiger charge is -2.17. The predicted octanol–water partition coefficient (Wildman–Crippen LogP) is 2.93.